The van der Waals surface area contributed by atoms with E-state index in [0.717, 1.165) is 24.1 Å². The second-order valence-corrected chi connectivity index (χ2v) is 9.47. The van der Waals surface area contributed by atoms with Crippen LogP contribution in [0.15, 0.2) is 26.2 Å². The molecule has 0 saturated heterocycles. The number of unbranched alkanes of at least 4 members (excludes halogenated alkanes) is 3. The molecule has 0 atom stereocenters. The number of nitrogens with zero attached hydrogens (tertiary/aromatic N) is 5. The standard InChI is InChI=1S/C20H22Cl2N6O3S/c1-2-3-5-10-27-17-15(24-19(22)25-17)18(29)28(20(27)30)11-6-4-7-14-23-16(26-31-14)12-8-9-13(21)32-12/h8-9H,2-7,10-11H2,1H3,(H,24,25). The normalized spacial score (nSPS) is 11.6. The van der Waals surface area contributed by atoms with E-state index in [1.165, 1.54) is 20.5 Å². The van der Waals surface area contributed by atoms with E-state index in [0.29, 0.717) is 47.5 Å². The lowest BCUT2D eigenvalue weighted by Crippen LogP contribution is -2.40. The molecule has 0 spiro atoms. The van der Waals surface area contributed by atoms with Crippen molar-refractivity contribution in [1.82, 2.24) is 29.2 Å². The third kappa shape index (κ3) is 4.82. The van der Waals surface area contributed by atoms with Gasteiger partial charge in [0.05, 0.1) is 9.21 Å². The monoisotopic (exact) mass is 496 g/mol. The van der Waals surface area contributed by atoms with E-state index in [1.54, 1.807) is 6.07 Å². The van der Waals surface area contributed by atoms with Crippen molar-refractivity contribution >= 4 is 45.7 Å². The van der Waals surface area contributed by atoms with Gasteiger partial charge in [-0.15, -0.1) is 11.3 Å². The second kappa shape index (κ2) is 10.0. The van der Waals surface area contributed by atoms with Gasteiger partial charge in [-0.25, -0.2) is 4.79 Å². The largest absolute Gasteiger partial charge is 0.339 e. The van der Waals surface area contributed by atoms with E-state index in [4.69, 9.17) is 27.7 Å². The van der Waals surface area contributed by atoms with E-state index in [-0.39, 0.29) is 23.0 Å². The van der Waals surface area contributed by atoms with Crippen molar-refractivity contribution in [2.45, 2.75) is 58.5 Å². The quantitative estimate of drug-likeness (QED) is 0.255. The van der Waals surface area contributed by atoms with Gasteiger partial charge in [-0.3, -0.25) is 13.9 Å². The van der Waals surface area contributed by atoms with Crippen LogP contribution in [-0.2, 0) is 19.5 Å². The summed E-state index contributed by atoms with van der Waals surface area (Å²) in [7, 11) is 0. The Kier molecular flexibility index (Phi) is 7.12. The molecule has 0 aromatic carbocycles. The predicted octanol–water partition coefficient (Wildman–Crippen LogP) is 4.52. The number of nitrogens with one attached hydrogen (secondary N) is 1. The summed E-state index contributed by atoms with van der Waals surface area (Å²) >= 11 is 13.3. The topological polar surface area (TPSA) is 112 Å². The number of rotatable bonds is 10. The van der Waals surface area contributed by atoms with E-state index >= 15 is 0 Å². The minimum atomic E-state index is -0.411. The fourth-order valence-corrected chi connectivity index (χ4v) is 4.64. The molecule has 4 heterocycles. The summed E-state index contributed by atoms with van der Waals surface area (Å²) in [5, 5.41) is 4.08. The molecule has 0 aliphatic heterocycles. The van der Waals surface area contributed by atoms with Crippen molar-refractivity contribution < 1.29 is 4.52 Å². The number of halogens is 2. The van der Waals surface area contributed by atoms with Crippen LogP contribution >= 0.6 is 34.5 Å². The molecule has 0 fully saturated rings. The number of hydrogen-bond acceptors (Lipinski definition) is 7. The van der Waals surface area contributed by atoms with Crippen LogP contribution in [-0.4, -0.2) is 29.2 Å². The number of H-pyrrole nitrogens is 1. The first-order valence-corrected chi connectivity index (χ1v) is 12.0. The van der Waals surface area contributed by atoms with Crippen LogP contribution < -0.4 is 11.2 Å². The number of aryl methyl sites for hydroxylation is 2. The van der Waals surface area contributed by atoms with Gasteiger partial charge in [-0.2, -0.15) is 9.97 Å². The van der Waals surface area contributed by atoms with Crippen molar-refractivity contribution in [2.24, 2.45) is 0 Å². The molecule has 0 radical (unpaired) electrons. The first-order valence-electron chi connectivity index (χ1n) is 10.4. The SMILES string of the molecule is CCCCCn1c(=O)n(CCCCc2nc(-c3ccc(Cl)s3)no2)c(=O)c2[nH]c(Cl)nc21. The summed E-state index contributed by atoms with van der Waals surface area (Å²) < 4.78 is 8.74. The molecule has 12 heteroatoms. The number of fused-ring (bicyclic) bond motifs is 1. The molecule has 4 rings (SSSR count). The minimum Gasteiger partial charge on any atom is -0.339 e. The summed E-state index contributed by atoms with van der Waals surface area (Å²) in [5.74, 6) is 1.01. The van der Waals surface area contributed by atoms with Crippen molar-refractivity contribution in [3.63, 3.8) is 0 Å². The molecular weight excluding hydrogens is 475 g/mol. The predicted molar refractivity (Wildman–Crippen MR) is 125 cm³/mol. The number of thiophene rings is 1. The van der Waals surface area contributed by atoms with Gasteiger partial charge in [0.1, 0.15) is 0 Å². The Morgan fingerprint density at radius 1 is 1.06 bits per heavy atom. The fourth-order valence-electron chi connectivity index (χ4n) is 3.49. The summed E-state index contributed by atoms with van der Waals surface area (Å²) in [5.41, 5.74) is -0.214. The van der Waals surface area contributed by atoms with Crippen molar-refractivity contribution in [3.8, 4) is 10.7 Å². The number of hydrogen-bond donors (Lipinski definition) is 1. The lowest BCUT2D eigenvalue weighted by molar-refractivity contribution is 0.372. The Morgan fingerprint density at radius 3 is 2.59 bits per heavy atom. The molecular formula is C20H22Cl2N6O3S. The highest BCUT2D eigenvalue weighted by molar-refractivity contribution is 7.19. The Morgan fingerprint density at radius 2 is 1.84 bits per heavy atom. The summed E-state index contributed by atoms with van der Waals surface area (Å²) in [6, 6.07) is 3.63. The van der Waals surface area contributed by atoms with Gasteiger partial charge in [-0.05, 0) is 43.0 Å². The highest BCUT2D eigenvalue weighted by atomic mass is 35.5. The smallest absolute Gasteiger partial charge is 0.332 e. The number of aromatic nitrogens is 6. The number of imidazole rings is 1. The van der Waals surface area contributed by atoms with E-state index in [2.05, 4.69) is 27.0 Å². The van der Waals surface area contributed by atoms with Gasteiger partial charge in [0, 0.05) is 19.5 Å². The van der Waals surface area contributed by atoms with Crippen LogP contribution in [0.4, 0.5) is 0 Å². The van der Waals surface area contributed by atoms with Crippen LogP contribution in [0.3, 0.4) is 0 Å². The Bertz CT molecular complexity index is 1340. The van der Waals surface area contributed by atoms with Gasteiger partial charge in [-0.1, -0.05) is 36.5 Å². The zero-order chi connectivity index (χ0) is 22.7. The van der Waals surface area contributed by atoms with Crippen molar-refractivity contribution in [1.29, 1.82) is 0 Å². The van der Waals surface area contributed by atoms with Crippen LogP contribution in [0.25, 0.3) is 21.9 Å². The molecule has 4 aromatic rings. The molecule has 0 aliphatic rings. The third-order valence-electron chi connectivity index (χ3n) is 5.10. The summed E-state index contributed by atoms with van der Waals surface area (Å²) in [4.78, 5) is 38.0. The molecule has 1 N–H and O–H groups in total. The Hall–Kier alpha value is -2.43. The molecule has 0 bridgehead atoms. The van der Waals surface area contributed by atoms with Crippen molar-refractivity contribution in [2.75, 3.05) is 0 Å². The van der Waals surface area contributed by atoms with E-state index < -0.39 is 5.56 Å². The van der Waals surface area contributed by atoms with Gasteiger partial charge in [0.25, 0.3) is 5.56 Å². The molecule has 32 heavy (non-hydrogen) atoms. The molecule has 4 aromatic heterocycles. The highest BCUT2D eigenvalue weighted by Crippen LogP contribution is 2.29. The maximum Gasteiger partial charge on any atom is 0.332 e. The first-order chi connectivity index (χ1) is 15.5. The van der Waals surface area contributed by atoms with E-state index in [9.17, 15) is 9.59 Å². The molecule has 0 unspecified atom stereocenters. The second-order valence-electron chi connectivity index (χ2n) is 7.40. The molecule has 0 amide bonds. The van der Waals surface area contributed by atoms with Gasteiger partial charge in [0.15, 0.2) is 11.2 Å². The molecule has 0 saturated carbocycles. The lowest BCUT2D eigenvalue weighted by Gasteiger charge is -2.11. The molecule has 9 nitrogen and oxygen atoms in total. The van der Waals surface area contributed by atoms with E-state index in [1.807, 2.05) is 6.07 Å². The highest BCUT2D eigenvalue weighted by Gasteiger charge is 2.17. The molecule has 170 valence electrons. The summed E-state index contributed by atoms with van der Waals surface area (Å²) in [6.07, 6.45) is 4.65. The van der Waals surface area contributed by atoms with Crippen molar-refractivity contribution in [3.05, 3.63) is 48.5 Å². The Balaban J connectivity index is 1.45. The average molecular weight is 497 g/mol. The van der Waals surface area contributed by atoms with Gasteiger partial charge >= 0.3 is 5.69 Å². The van der Waals surface area contributed by atoms with Crippen LogP contribution in [0.2, 0.25) is 9.62 Å². The first kappa shape index (κ1) is 22.8. The fraction of sp³-hybridized carbons (Fsp3) is 0.450. The Labute approximate surface area is 197 Å². The number of aromatic amines is 1. The van der Waals surface area contributed by atoms with Gasteiger partial charge < -0.3 is 9.51 Å². The zero-order valence-corrected chi connectivity index (χ0v) is 19.8. The van der Waals surface area contributed by atoms with Crippen LogP contribution in [0.5, 0.6) is 0 Å². The molecule has 0 aliphatic carbocycles. The maximum atomic E-state index is 13.0. The maximum absolute atomic E-state index is 13.0. The summed E-state index contributed by atoms with van der Waals surface area (Å²) in [6.45, 7) is 2.86. The van der Waals surface area contributed by atoms with Gasteiger partial charge in [0.2, 0.25) is 17.0 Å². The average Bonchev–Trinajstić information content (AvgIpc) is 3.49. The third-order valence-corrected chi connectivity index (χ3v) is 6.51. The van der Waals surface area contributed by atoms with Crippen LogP contribution in [0, 0.1) is 0 Å². The lowest BCUT2D eigenvalue weighted by atomic mass is 10.2. The zero-order valence-electron chi connectivity index (χ0n) is 17.4. The minimum absolute atomic E-state index is 0.0951. The van der Waals surface area contributed by atoms with Crippen LogP contribution in [0.1, 0.15) is 44.9 Å².